The lowest BCUT2D eigenvalue weighted by atomic mass is 9.96. The van der Waals surface area contributed by atoms with E-state index in [1.54, 1.807) is 12.1 Å². The maximum Gasteiger partial charge on any atom is 0.331 e. The number of hydrogen-bond donors (Lipinski definition) is 8. The molecule has 0 amide bonds. The van der Waals surface area contributed by atoms with Crippen molar-refractivity contribution in [2.75, 3.05) is 34.0 Å². The molecule has 0 spiro atoms. The Hall–Kier alpha value is -4.16. The molecule has 58 heavy (non-hydrogen) atoms. The third-order valence-electron chi connectivity index (χ3n) is 9.66. The van der Waals surface area contributed by atoms with E-state index in [4.69, 9.17) is 47.4 Å². The summed E-state index contributed by atoms with van der Waals surface area (Å²) in [7, 11) is 2.74. The normalized spacial score (nSPS) is 34.0. The molecule has 14 atom stereocenters. The van der Waals surface area contributed by atoms with Gasteiger partial charge in [-0.2, -0.15) is 0 Å². The van der Waals surface area contributed by atoms with E-state index in [0.29, 0.717) is 11.1 Å². The standard InChI is InChI=1S/C38H50O20/c1-17-28(44)30(46)35(55-18(2)39)38(54-17)58-34-32(48)37(51-12-11-20-6-9-24(49-3)22(41)13-20)56-26(16-53-36-31(47)29(45)23(42)15-52-36)33(34)57-27(43)10-7-19-5-8-21(40)25(14-19)50-4/h5-10,13-14,17,23,26,28-38,40-42,44-48H,11-12,15-16H2,1-4H3/b10-7+/t17-,23-,26+,28-,29-,30+,31+,32+,33+,34+,35+,36-,37+,38-/m0/s1. The highest BCUT2D eigenvalue weighted by Gasteiger charge is 2.54. The summed E-state index contributed by atoms with van der Waals surface area (Å²) >= 11 is 0. The molecule has 3 fully saturated rings. The van der Waals surface area contributed by atoms with Crippen LogP contribution in [0.2, 0.25) is 0 Å². The van der Waals surface area contributed by atoms with E-state index < -0.39 is 111 Å². The highest BCUT2D eigenvalue weighted by atomic mass is 16.8. The number of ether oxygens (including phenoxy) is 10. The van der Waals surface area contributed by atoms with E-state index in [2.05, 4.69) is 0 Å². The number of aliphatic hydroxyl groups is 6. The lowest BCUT2D eigenvalue weighted by molar-refractivity contribution is -0.362. The highest BCUT2D eigenvalue weighted by molar-refractivity contribution is 5.87. The van der Waals surface area contributed by atoms with E-state index >= 15 is 0 Å². The first-order valence-corrected chi connectivity index (χ1v) is 18.3. The molecule has 3 aliphatic heterocycles. The molecule has 0 aromatic heterocycles. The molecule has 0 unspecified atom stereocenters. The van der Waals surface area contributed by atoms with Crippen LogP contribution in [0.4, 0.5) is 0 Å². The van der Waals surface area contributed by atoms with Crippen molar-refractivity contribution in [3.63, 3.8) is 0 Å². The summed E-state index contributed by atoms with van der Waals surface area (Å²) in [5, 5.41) is 84.2. The fourth-order valence-corrected chi connectivity index (χ4v) is 6.48. The molecule has 3 aliphatic rings. The van der Waals surface area contributed by atoms with E-state index in [-0.39, 0.29) is 36.0 Å². The van der Waals surface area contributed by atoms with Gasteiger partial charge in [-0.1, -0.05) is 12.1 Å². The van der Waals surface area contributed by atoms with Gasteiger partial charge in [0.15, 0.2) is 54.1 Å². The van der Waals surface area contributed by atoms with Crippen molar-refractivity contribution in [1.29, 1.82) is 0 Å². The molecule has 8 N–H and O–H groups in total. The van der Waals surface area contributed by atoms with Gasteiger partial charge in [0.2, 0.25) is 0 Å². The lowest BCUT2D eigenvalue weighted by Gasteiger charge is -2.47. The first-order valence-electron chi connectivity index (χ1n) is 18.3. The van der Waals surface area contributed by atoms with Gasteiger partial charge in [-0.25, -0.2) is 4.79 Å². The number of aromatic hydroxyl groups is 2. The Kier molecular flexibility index (Phi) is 15.7. The summed E-state index contributed by atoms with van der Waals surface area (Å²) in [5.41, 5.74) is 1.04. The molecule has 0 bridgehead atoms. The second-order valence-corrected chi connectivity index (χ2v) is 13.8. The van der Waals surface area contributed by atoms with E-state index in [0.717, 1.165) is 13.0 Å². The topological polar surface area (TPSA) is 288 Å². The van der Waals surface area contributed by atoms with Crippen LogP contribution in [0, 0.1) is 0 Å². The Morgan fingerprint density at radius 1 is 0.759 bits per heavy atom. The molecule has 0 saturated carbocycles. The number of methoxy groups -OCH3 is 2. The number of esters is 2. The van der Waals surface area contributed by atoms with Crippen molar-refractivity contribution in [1.82, 2.24) is 0 Å². The molecular weight excluding hydrogens is 776 g/mol. The molecular formula is C38H50O20. The Labute approximate surface area is 332 Å². The van der Waals surface area contributed by atoms with Crippen molar-refractivity contribution >= 4 is 18.0 Å². The Bertz CT molecular complexity index is 1710. The number of hydrogen-bond acceptors (Lipinski definition) is 20. The number of carbonyl (C=O) groups is 2. The second kappa shape index (κ2) is 20.2. The molecule has 2 aromatic carbocycles. The van der Waals surface area contributed by atoms with Gasteiger partial charge in [0.25, 0.3) is 0 Å². The number of rotatable bonds is 15. The van der Waals surface area contributed by atoms with Gasteiger partial charge in [0.05, 0.1) is 40.1 Å². The average molecular weight is 827 g/mol. The van der Waals surface area contributed by atoms with Gasteiger partial charge < -0.3 is 88.2 Å². The van der Waals surface area contributed by atoms with Gasteiger partial charge in [0.1, 0.15) is 48.8 Å². The Morgan fingerprint density at radius 2 is 1.50 bits per heavy atom. The summed E-state index contributed by atoms with van der Waals surface area (Å²) < 4.78 is 56.5. The Balaban J connectivity index is 1.46. The fourth-order valence-electron chi connectivity index (χ4n) is 6.48. The number of phenols is 2. The van der Waals surface area contributed by atoms with Crippen LogP contribution in [0.15, 0.2) is 42.5 Å². The van der Waals surface area contributed by atoms with Crippen molar-refractivity contribution in [2.24, 2.45) is 0 Å². The van der Waals surface area contributed by atoms with Gasteiger partial charge in [-0.15, -0.1) is 0 Å². The molecule has 20 nitrogen and oxygen atoms in total. The summed E-state index contributed by atoms with van der Waals surface area (Å²) in [6.07, 6.45) is -19.6. The van der Waals surface area contributed by atoms with Crippen molar-refractivity contribution in [3.05, 3.63) is 53.6 Å². The van der Waals surface area contributed by atoms with Crippen molar-refractivity contribution < 1.29 is 97.8 Å². The fraction of sp³-hybridized carbons (Fsp3) is 0.579. The minimum absolute atomic E-state index is 0.121. The van der Waals surface area contributed by atoms with Gasteiger partial charge in [-0.05, 0) is 54.8 Å². The number of phenolic OH excluding ortho intramolecular Hbond substituents is 2. The molecule has 3 saturated heterocycles. The zero-order valence-electron chi connectivity index (χ0n) is 32.0. The van der Waals surface area contributed by atoms with E-state index in [1.807, 2.05) is 0 Å². The van der Waals surface area contributed by atoms with Crippen LogP contribution in [0.3, 0.4) is 0 Å². The summed E-state index contributed by atoms with van der Waals surface area (Å²) in [6, 6.07) is 8.96. The minimum Gasteiger partial charge on any atom is -0.504 e. The van der Waals surface area contributed by atoms with Gasteiger partial charge in [0, 0.05) is 13.0 Å². The van der Waals surface area contributed by atoms with Crippen LogP contribution in [-0.4, -0.2) is 173 Å². The molecule has 0 aliphatic carbocycles. The zero-order chi connectivity index (χ0) is 42.3. The van der Waals surface area contributed by atoms with Crippen LogP contribution >= 0.6 is 0 Å². The molecule has 2 aromatic rings. The van der Waals surface area contributed by atoms with Gasteiger partial charge >= 0.3 is 11.9 Å². The molecule has 3 heterocycles. The zero-order valence-corrected chi connectivity index (χ0v) is 32.0. The number of carbonyl (C=O) groups excluding carboxylic acids is 2. The van der Waals surface area contributed by atoms with Crippen LogP contribution in [0.1, 0.15) is 25.0 Å². The van der Waals surface area contributed by atoms with Crippen molar-refractivity contribution in [2.45, 2.75) is 106 Å². The van der Waals surface area contributed by atoms with Crippen LogP contribution < -0.4 is 9.47 Å². The second-order valence-electron chi connectivity index (χ2n) is 13.8. The first kappa shape index (κ1) is 44.9. The molecule has 0 radical (unpaired) electrons. The largest absolute Gasteiger partial charge is 0.504 e. The number of benzene rings is 2. The summed E-state index contributed by atoms with van der Waals surface area (Å²) in [5.74, 6) is -1.78. The van der Waals surface area contributed by atoms with Crippen LogP contribution in [-0.2, 0) is 53.9 Å². The predicted octanol–water partition coefficient (Wildman–Crippen LogP) is -1.38. The lowest BCUT2D eigenvalue weighted by Crippen LogP contribution is -2.65. The first-order chi connectivity index (χ1) is 27.6. The SMILES string of the molecule is COc1ccc(CCO[C@@H]2O[C@H](CO[C@@H]3OC[C@H](O)[C@H](O)[C@H]3O)[C@@H](OC(=O)/C=C/c3ccc(O)c(OC)c3)[C@H](O[C@@H]3O[C@@H](C)[C@H](O)[C@@H](O)[C@H]3OC(C)=O)[C@H]2O)cc1O. The van der Waals surface area contributed by atoms with Crippen LogP contribution in [0.25, 0.3) is 6.08 Å². The number of aliphatic hydroxyl groups excluding tert-OH is 6. The molecule has 322 valence electrons. The maximum absolute atomic E-state index is 13.5. The van der Waals surface area contributed by atoms with Crippen LogP contribution in [0.5, 0.6) is 23.0 Å². The Morgan fingerprint density at radius 3 is 2.19 bits per heavy atom. The molecule has 20 heteroatoms. The summed E-state index contributed by atoms with van der Waals surface area (Å²) in [4.78, 5) is 25.6. The predicted molar refractivity (Wildman–Crippen MR) is 193 cm³/mol. The van der Waals surface area contributed by atoms with E-state index in [9.17, 15) is 50.4 Å². The third kappa shape index (κ3) is 10.9. The van der Waals surface area contributed by atoms with Gasteiger partial charge in [-0.3, -0.25) is 4.79 Å². The smallest absolute Gasteiger partial charge is 0.331 e. The van der Waals surface area contributed by atoms with Crippen molar-refractivity contribution in [3.8, 4) is 23.0 Å². The average Bonchev–Trinajstić information content (AvgIpc) is 3.19. The highest BCUT2D eigenvalue weighted by Crippen LogP contribution is 2.34. The summed E-state index contributed by atoms with van der Waals surface area (Å²) in [6.45, 7) is 1.35. The monoisotopic (exact) mass is 826 g/mol. The van der Waals surface area contributed by atoms with E-state index in [1.165, 1.54) is 51.5 Å². The molecule has 5 rings (SSSR count). The quantitative estimate of drug-likeness (QED) is 0.0759. The minimum atomic E-state index is -1.82. The maximum atomic E-state index is 13.5. The third-order valence-corrected chi connectivity index (χ3v) is 9.66.